The lowest BCUT2D eigenvalue weighted by Gasteiger charge is -2.08. The van der Waals surface area contributed by atoms with Crippen LogP contribution in [0.4, 0.5) is 0 Å². The molecule has 0 unspecified atom stereocenters. The van der Waals surface area contributed by atoms with E-state index in [4.69, 9.17) is 4.84 Å². The molecule has 0 atom stereocenters. The van der Waals surface area contributed by atoms with E-state index in [1.807, 2.05) is 97.2 Å². The minimum Gasteiger partial charge on any atom is -0.318 e. The number of benzene rings is 4. The highest BCUT2D eigenvalue weighted by Crippen LogP contribution is 2.27. The SMILES string of the molecule is CCC(=O)O/N=C(\Cc1ccccc1C)c1cn(-c2ccc(C(=O)c3ccccc3)cc2)c2ccccc12. The van der Waals surface area contributed by atoms with Crippen molar-refractivity contribution in [3.8, 4) is 5.69 Å². The molecular formula is C33H28N2O3. The zero-order valence-corrected chi connectivity index (χ0v) is 21.4. The number of fused-ring (bicyclic) bond motifs is 1. The maximum atomic E-state index is 12.9. The molecule has 0 saturated carbocycles. The van der Waals surface area contributed by atoms with Crippen molar-refractivity contribution in [2.75, 3.05) is 0 Å². The molecule has 0 bridgehead atoms. The number of nitrogens with zero attached hydrogens (tertiary/aromatic N) is 2. The van der Waals surface area contributed by atoms with Crippen LogP contribution in [0, 0.1) is 6.92 Å². The van der Waals surface area contributed by atoms with Crippen molar-refractivity contribution in [2.24, 2.45) is 5.16 Å². The summed E-state index contributed by atoms with van der Waals surface area (Å²) in [5.74, 6) is -0.393. The summed E-state index contributed by atoms with van der Waals surface area (Å²) < 4.78 is 2.08. The lowest BCUT2D eigenvalue weighted by Crippen LogP contribution is -2.09. The van der Waals surface area contributed by atoms with Gasteiger partial charge >= 0.3 is 5.97 Å². The first-order valence-electron chi connectivity index (χ1n) is 12.7. The fourth-order valence-electron chi connectivity index (χ4n) is 4.49. The maximum Gasteiger partial charge on any atom is 0.334 e. The third kappa shape index (κ3) is 5.18. The highest BCUT2D eigenvalue weighted by Gasteiger charge is 2.18. The Bertz CT molecular complexity index is 1630. The second kappa shape index (κ2) is 11.1. The van der Waals surface area contributed by atoms with E-state index in [0.717, 1.165) is 33.3 Å². The van der Waals surface area contributed by atoms with Gasteiger partial charge in [0, 0.05) is 46.8 Å². The molecule has 0 saturated heterocycles. The van der Waals surface area contributed by atoms with Gasteiger partial charge in [-0.1, -0.05) is 84.9 Å². The molecule has 5 rings (SSSR count). The van der Waals surface area contributed by atoms with Crippen molar-refractivity contribution >= 4 is 28.4 Å². The second-order valence-electron chi connectivity index (χ2n) is 9.13. The van der Waals surface area contributed by atoms with Crippen LogP contribution >= 0.6 is 0 Å². The first kappa shape index (κ1) is 24.9. The lowest BCUT2D eigenvalue weighted by molar-refractivity contribution is -0.143. The van der Waals surface area contributed by atoms with E-state index < -0.39 is 0 Å². The highest BCUT2D eigenvalue weighted by atomic mass is 16.7. The molecule has 1 heterocycles. The Hall–Kier alpha value is -4.77. The van der Waals surface area contributed by atoms with Gasteiger partial charge in [-0.3, -0.25) is 4.79 Å². The molecule has 0 aliphatic heterocycles. The molecule has 5 aromatic rings. The number of carbonyl (C=O) groups excluding carboxylic acids is 2. The molecular weight excluding hydrogens is 472 g/mol. The number of aryl methyl sites for hydroxylation is 1. The van der Waals surface area contributed by atoms with Crippen molar-refractivity contribution in [3.63, 3.8) is 0 Å². The van der Waals surface area contributed by atoms with Crippen molar-refractivity contribution < 1.29 is 14.4 Å². The van der Waals surface area contributed by atoms with Crippen LogP contribution < -0.4 is 0 Å². The fraction of sp³-hybridized carbons (Fsp3) is 0.121. The zero-order chi connectivity index (χ0) is 26.5. The van der Waals surface area contributed by atoms with Gasteiger partial charge in [0.1, 0.15) is 0 Å². The van der Waals surface area contributed by atoms with E-state index in [1.165, 1.54) is 0 Å². The van der Waals surface area contributed by atoms with Crippen molar-refractivity contribution in [1.82, 2.24) is 4.57 Å². The summed E-state index contributed by atoms with van der Waals surface area (Å²) in [5, 5.41) is 5.34. The van der Waals surface area contributed by atoms with Gasteiger partial charge in [0.2, 0.25) is 0 Å². The van der Waals surface area contributed by atoms with Gasteiger partial charge in [-0.15, -0.1) is 0 Å². The Morgan fingerprint density at radius 2 is 1.45 bits per heavy atom. The van der Waals surface area contributed by atoms with Gasteiger partial charge in [-0.25, -0.2) is 4.79 Å². The van der Waals surface area contributed by atoms with Crippen LogP contribution in [0.25, 0.3) is 16.6 Å². The molecule has 0 radical (unpaired) electrons. The van der Waals surface area contributed by atoms with Crippen molar-refractivity contribution in [1.29, 1.82) is 0 Å². The van der Waals surface area contributed by atoms with Gasteiger partial charge in [0.15, 0.2) is 5.78 Å². The third-order valence-corrected chi connectivity index (χ3v) is 6.63. The van der Waals surface area contributed by atoms with Gasteiger partial charge < -0.3 is 9.40 Å². The summed E-state index contributed by atoms with van der Waals surface area (Å²) in [6.45, 7) is 3.81. The van der Waals surface area contributed by atoms with E-state index in [1.54, 1.807) is 6.92 Å². The van der Waals surface area contributed by atoms with E-state index >= 15 is 0 Å². The molecule has 5 nitrogen and oxygen atoms in total. The summed E-state index contributed by atoms with van der Waals surface area (Å²) in [5.41, 5.74) is 7.01. The monoisotopic (exact) mass is 500 g/mol. The van der Waals surface area contributed by atoms with Crippen molar-refractivity contribution in [2.45, 2.75) is 26.7 Å². The Kier molecular flexibility index (Phi) is 7.27. The Labute approximate surface area is 222 Å². The molecule has 0 N–H and O–H groups in total. The number of rotatable bonds is 8. The number of para-hydroxylation sites is 1. The topological polar surface area (TPSA) is 60.7 Å². The first-order chi connectivity index (χ1) is 18.5. The number of hydrogen-bond donors (Lipinski definition) is 0. The number of oxime groups is 1. The summed E-state index contributed by atoms with van der Waals surface area (Å²) in [6, 6.07) is 33.1. The lowest BCUT2D eigenvalue weighted by atomic mass is 9.98. The molecule has 0 aliphatic rings. The number of carbonyl (C=O) groups is 2. The summed E-state index contributed by atoms with van der Waals surface area (Å²) >= 11 is 0. The van der Waals surface area contributed by atoms with Gasteiger partial charge in [0.25, 0.3) is 0 Å². The van der Waals surface area contributed by atoms with Crippen LogP contribution in [0.15, 0.2) is 114 Å². The molecule has 0 fully saturated rings. The third-order valence-electron chi connectivity index (χ3n) is 6.63. The molecule has 38 heavy (non-hydrogen) atoms. The minimum atomic E-state index is -0.380. The molecule has 0 amide bonds. The molecule has 1 aromatic heterocycles. The van der Waals surface area contributed by atoms with Crippen molar-refractivity contribution in [3.05, 3.63) is 137 Å². The van der Waals surface area contributed by atoms with Gasteiger partial charge in [0.05, 0.1) is 11.2 Å². The second-order valence-corrected chi connectivity index (χ2v) is 9.13. The Morgan fingerprint density at radius 3 is 2.18 bits per heavy atom. The molecule has 5 heteroatoms. The van der Waals surface area contributed by atoms with Crippen LogP contribution in [-0.4, -0.2) is 22.0 Å². The summed E-state index contributed by atoms with van der Waals surface area (Å²) in [4.78, 5) is 30.1. The normalized spacial score (nSPS) is 11.5. The summed E-state index contributed by atoms with van der Waals surface area (Å²) in [6.07, 6.45) is 2.79. The van der Waals surface area contributed by atoms with Crippen LogP contribution in [0.2, 0.25) is 0 Å². The number of ketones is 1. The Morgan fingerprint density at radius 1 is 0.789 bits per heavy atom. The minimum absolute atomic E-state index is 0.0133. The predicted octanol–water partition coefficient (Wildman–Crippen LogP) is 7.07. The summed E-state index contributed by atoms with van der Waals surface area (Å²) in [7, 11) is 0. The number of aromatic nitrogens is 1. The first-order valence-corrected chi connectivity index (χ1v) is 12.7. The van der Waals surface area contributed by atoms with Crippen LogP contribution in [0.5, 0.6) is 0 Å². The number of hydrogen-bond acceptors (Lipinski definition) is 4. The van der Waals surface area contributed by atoms with E-state index in [2.05, 4.69) is 28.8 Å². The fourth-order valence-corrected chi connectivity index (χ4v) is 4.49. The average Bonchev–Trinajstić information content (AvgIpc) is 3.36. The zero-order valence-electron chi connectivity index (χ0n) is 21.4. The molecule has 188 valence electrons. The quantitative estimate of drug-likeness (QED) is 0.0991. The predicted molar refractivity (Wildman–Crippen MR) is 151 cm³/mol. The Balaban J connectivity index is 1.56. The van der Waals surface area contributed by atoms with Gasteiger partial charge in [-0.05, 0) is 48.4 Å². The maximum absolute atomic E-state index is 12.9. The smallest absolute Gasteiger partial charge is 0.318 e. The average molecular weight is 501 g/mol. The molecule has 0 spiro atoms. The van der Waals surface area contributed by atoms with Crippen LogP contribution in [0.3, 0.4) is 0 Å². The molecule has 4 aromatic carbocycles. The highest BCUT2D eigenvalue weighted by molar-refractivity contribution is 6.12. The van der Waals surface area contributed by atoms with Crippen LogP contribution in [-0.2, 0) is 16.1 Å². The van der Waals surface area contributed by atoms with E-state index in [0.29, 0.717) is 23.3 Å². The largest absolute Gasteiger partial charge is 0.334 e. The molecule has 0 aliphatic carbocycles. The standard InChI is InChI=1S/C33H28N2O3/c1-3-32(36)38-34-30(21-26-14-8-7-11-23(26)2)29-22-35(31-16-10-9-15-28(29)31)27-19-17-25(18-20-27)33(37)24-12-5-4-6-13-24/h4-20,22H,3,21H2,1-2H3/b34-30+. The van der Waals surface area contributed by atoms with Crippen LogP contribution in [0.1, 0.15) is 46.0 Å². The van der Waals surface area contributed by atoms with Gasteiger partial charge in [-0.2, -0.15) is 0 Å². The van der Waals surface area contributed by atoms with E-state index in [-0.39, 0.29) is 18.2 Å². The van der Waals surface area contributed by atoms with E-state index in [9.17, 15) is 9.59 Å².